The molecule has 2 aliphatic rings. The highest BCUT2D eigenvalue weighted by Crippen LogP contribution is 2.37. The number of nitrogens with one attached hydrogen (secondary N) is 1. The van der Waals surface area contributed by atoms with Gasteiger partial charge in [0, 0.05) is 11.6 Å². The van der Waals surface area contributed by atoms with Crippen molar-refractivity contribution in [2.45, 2.75) is 45.1 Å². The van der Waals surface area contributed by atoms with Crippen LogP contribution < -0.4 is 10.1 Å². The van der Waals surface area contributed by atoms with Crippen molar-refractivity contribution < 1.29 is 4.74 Å². The molecular formula is C18H27NOS. The Balaban J connectivity index is 1.79. The zero-order valence-electron chi connectivity index (χ0n) is 13.1. The van der Waals surface area contributed by atoms with Crippen LogP contribution >= 0.6 is 11.8 Å². The minimum atomic E-state index is 0.455. The molecule has 0 saturated carbocycles. The average molecular weight is 305 g/mol. The van der Waals surface area contributed by atoms with E-state index in [0.29, 0.717) is 6.04 Å². The van der Waals surface area contributed by atoms with Gasteiger partial charge in [-0.15, -0.1) is 0 Å². The fourth-order valence-corrected chi connectivity index (χ4v) is 4.78. The summed E-state index contributed by atoms with van der Waals surface area (Å²) in [4.78, 5) is 0. The first-order chi connectivity index (χ1) is 10.4. The van der Waals surface area contributed by atoms with Gasteiger partial charge in [-0.1, -0.05) is 25.1 Å². The smallest absolute Gasteiger partial charge is 0.127 e. The molecular weight excluding hydrogens is 278 g/mol. The van der Waals surface area contributed by atoms with E-state index in [4.69, 9.17) is 4.74 Å². The SMILES string of the molecule is CCNC(CC1CCSCC1)c1cccc2c1OCCC2. The van der Waals surface area contributed by atoms with Gasteiger partial charge in [-0.3, -0.25) is 0 Å². The largest absolute Gasteiger partial charge is 0.493 e. The third-order valence-electron chi connectivity index (χ3n) is 4.70. The van der Waals surface area contributed by atoms with Gasteiger partial charge in [-0.25, -0.2) is 0 Å². The summed E-state index contributed by atoms with van der Waals surface area (Å²) in [7, 11) is 0. The second-order valence-electron chi connectivity index (χ2n) is 6.19. The Morgan fingerprint density at radius 3 is 3.00 bits per heavy atom. The molecule has 21 heavy (non-hydrogen) atoms. The molecule has 2 nitrogen and oxygen atoms in total. The third-order valence-corrected chi connectivity index (χ3v) is 5.75. The zero-order valence-corrected chi connectivity index (χ0v) is 13.9. The summed E-state index contributed by atoms with van der Waals surface area (Å²) >= 11 is 2.11. The van der Waals surface area contributed by atoms with Crippen LogP contribution in [0.15, 0.2) is 18.2 Å². The summed E-state index contributed by atoms with van der Waals surface area (Å²) in [6, 6.07) is 7.17. The minimum absolute atomic E-state index is 0.455. The first-order valence-electron chi connectivity index (χ1n) is 8.44. The first-order valence-corrected chi connectivity index (χ1v) is 9.59. The summed E-state index contributed by atoms with van der Waals surface area (Å²) in [5.41, 5.74) is 2.80. The molecule has 0 aliphatic carbocycles. The van der Waals surface area contributed by atoms with E-state index in [2.05, 4.69) is 42.2 Å². The van der Waals surface area contributed by atoms with Crippen LogP contribution in [0.5, 0.6) is 5.75 Å². The van der Waals surface area contributed by atoms with Crippen LogP contribution in [0.2, 0.25) is 0 Å². The highest BCUT2D eigenvalue weighted by Gasteiger charge is 2.24. The average Bonchev–Trinajstić information content (AvgIpc) is 2.55. The number of hydrogen-bond acceptors (Lipinski definition) is 3. The lowest BCUT2D eigenvalue weighted by Gasteiger charge is -2.30. The van der Waals surface area contributed by atoms with Gasteiger partial charge in [0.1, 0.15) is 5.75 Å². The molecule has 2 heterocycles. The van der Waals surface area contributed by atoms with Crippen molar-refractivity contribution in [1.82, 2.24) is 5.32 Å². The molecule has 2 aliphatic heterocycles. The second-order valence-corrected chi connectivity index (χ2v) is 7.41. The van der Waals surface area contributed by atoms with E-state index in [1.54, 1.807) is 0 Å². The van der Waals surface area contributed by atoms with Gasteiger partial charge in [-0.2, -0.15) is 11.8 Å². The number of rotatable bonds is 5. The quantitative estimate of drug-likeness (QED) is 0.881. The van der Waals surface area contributed by atoms with E-state index >= 15 is 0 Å². The van der Waals surface area contributed by atoms with Crippen LogP contribution in [0.4, 0.5) is 0 Å². The molecule has 3 heteroatoms. The van der Waals surface area contributed by atoms with Crippen molar-refractivity contribution in [1.29, 1.82) is 0 Å². The lowest BCUT2D eigenvalue weighted by atomic mass is 9.88. The summed E-state index contributed by atoms with van der Waals surface area (Å²) in [6.45, 7) is 4.11. The number of aryl methyl sites for hydroxylation is 1. The van der Waals surface area contributed by atoms with Crippen molar-refractivity contribution in [3.63, 3.8) is 0 Å². The monoisotopic (exact) mass is 305 g/mol. The predicted molar refractivity (Wildman–Crippen MR) is 91.3 cm³/mol. The fraction of sp³-hybridized carbons (Fsp3) is 0.667. The Morgan fingerprint density at radius 2 is 2.19 bits per heavy atom. The number of thioether (sulfide) groups is 1. The van der Waals surface area contributed by atoms with Gasteiger partial charge >= 0.3 is 0 Å². The molecule has 1 unspecified atom stereocenters. The molecule has 1 aromatic rings. The van der Waals surface area contributed by atoms with E-state index in [0.717, 1.165) is 25.5 Å². The number of ether oxygens (including phenoxy) is 1. The lowest BCUT2D eigenvalue weighted by molar-refractivity contribution is 0.277. The van der Waals surface area contributed by atoms with Crippen molar-refractivity contribution in [3.05, 3.63) is 29.3 Å². The van der Waals surface area contributed by atoms with E-state index in [1.165, 1.54) is 54.1 Å². The van der Waals surface area contributed by atoms with E-state index < -0.39 is 0 Å². The summed E-state index contributed by atoms with van der Waals surface area (Å²) in [5.74, 6) is 4.73. The molecule has 0 spiro atoms. The topological polar surface area (TPSA) is 21.3 Å². The van der Waals surface area contributed by atoms with Gasteiger partial charge in [0.2, 0.25) is 0 Å². The van der Waals surface area contributed by atoms with Crippen LogP contribution in [0, 0.1) is 5.92 Å². The number of para-hydroxylation sites is 1. The fourth-order valence-electron chi connectivity index (χ4n) is 3.57. The standard InChI is InChI=1S/C18H27NOS/c1-2-19-17(13-14-8-11-21-12-9-14)16-7-3-5-15-6-4-10-20-18(15)16/h3,5,7,14,17,19H,2,4,6,8-13H2,1H3. The highest BCUT2D eigenvalue weighted by atomic mass is 32.2. The summed E-state index contributed by atoms with van der Waals surface area (Å²) < 4.78 is 6.03. The maximum atomic E-state index is 6.03. The molecule has 0 radical (unpaired) electrons. The van der Waals surface area contributed by atoms with Crippen LogP contribution in [0.25, 0.3) is 0 Å². The lowest BCUT2D eigenvalue weighted by Crippen LogP contribution is -2.26. The molecule has 1 aromatic carbocycles. The Labute approximate surface area is 133 Å². The molecule has 0 amide bonds. The summed E-state index contributed by atoms with van der Waals surface area (Å²) in [6.07, 6.45) is 6.34. The van der Waals surface area contributed by atoms with Gasteiger partial charge in [0.05, 0.1) is 6.61 Å². The molecule has 3 rings (SSSR count). The number of hydrogen-bond donors (Lipinski definition) is 1. The molecule has 116 valence electrons. The maximum Gasteiger partial charge on any atom is 0.127 e. The Kier molecular flexibility index (Phi) is 5.48. The molecule has 0 bridgehead atoms. The van der Waals surface area contributed by atoms with E-state index in [-0.39, 0.29) is 0 Å². The maximum absolute atomic E-state index is 6.03. The molecule has 0 aromatic heterocycles. The van der Waals surface area contributed by atoms with Gasteiger partial charge in [-0.05, 0) is 61.6 Å². The minimum Gasteiger partial charge on any atom is -0.493 e. The zero-order chi connectivity index (χ0) is 14.5. The van der Waals surface area contributed by atoms with Crippen molar-refractivity contribution in [2.75, 3.05) is 24.7 Å². The number of fused-ring (bicyclic) bond motifs is 1. The molecule has 1 N–H and O–H groups in total. The normalized spacial score (nSPS) is 20.6. The predicted octanol–water partition coefficient (Wildman–Crippen LogP) is 4.20. The Morgan fingerprint density at radius 1 is 1.33 bits per heavy atom. The molecule has 1 fully saturated rings. The molecule has 1 saturated heterocycles. The number of benzene rings is 1. The van der Waals surface area contributed by atoms with Crippen molar-refractivity contribution >= 4 is 11.8 Å². The summed E-state index contributed by atoms with van der Waals surface area (Å²) in [5, 5.41) is 3.71. The first kappa shape index (κ1) is 15.2. The molecule has 1 atom stereocenters. The van der Waals surface area contributed by atoms with Gasteiger partial charge in [0.25, 0.3) is 0 Å². The van der Waals surface area contributed by atoms with Crippen molar-refractivity contribution in [2.24, 2.45) is 5.92 Å². The van der Waals surface area contributed by atoms with Crippen LogP contribution in [0.1, 0.15) is 49.8 Å². The Hall–Kier alpha value is -0.670. The van der Waals surface area contributed by atoms with Gasteiger partial charge in [0.15, 0.2) is 0 Å². The van der Waals surface area contributed by atoms with E-state index in [9.17, 15) is 0 Å². The van der Waals surface area contributed by atoms with Crippen LogP contribution in [-0.2, 0) is 6.42 Å². The van der Waals surface area contributed by atoms with Crippen LogP contribution in [-0.4, -0.2) is 24.7 Å². The van der Waals surface area contributed by atoms with Crippen LogP contribution in [0.3, 0.4) is 0 Å². The second kappa shape index (κ2) is 7.55. The van der Waals surface area contributed by atoms with Gasteiger partial charge < -0.3 is 10.1 Å². The Bertz CT molecular complexity index is 457. The highest BCUT2D eigenvalue weighted by molar-refractivity contribution is 7.99. The third kappa shape index (κ3) is 3.75. The van der Waals surface area contributed by atoms with E-state index in [1.807, 2.05) is 0 Å². The van der Waals surface area contributed by atoms with Crippen molar-refractivity contribution in [3.8, 4) is 5.75 Å².